The monoisotopic (exact) mass is 306 g/mol. The van der Waals surface area contributed by atoms with E-state index >= 15 is 0 Å². The average molecular weight is 306 g/mol. The predicted octanol–water partition coefficient (Wildman–Crippen LogP) is 3.68. The molecule has 23 heavy (non-hydrogen) atoms. The fraction of sp³-hybridized carbons (Fsp3) is 0.111. The molecule has 2 heterocycles. The number of benzene rings is 2. The Kier molecular flexibility index (Phi) is 3.31. The average Bonchev–Trinajstić information content (AvgIpc) is 3.11. The van der Waals surface area contributed by atoms with Gasteiger partial charge in [0.15, 0.2) is 0 Å². The molecular formula is C18H14N2O3. The minimum atomic E-state index is 0.397. The number of nitrogens with zero attached hydrogens (tertiary/aromatic N) is 2. The predicted molar refractivity (Wildman–Crippen MR) is 86.1 cm³/mol. The second kappa shape index (κ2) is 5.61. The van der Waals surface area contributed by atoms with Crippen molar-refractivity contribution in [2.75, 3.05) is 13.7 Å². The SMILES string of the molecule is COc1ccc2c(c1)OCC(c1noc(-c3ccccc3)n1)=C2. The van der Waals surface area contributed by atoms with E-state index in [0.717, 1.165) is 28.2 Å². The third kappa shape index (κ3) is 2.57. The number of fused-ring (bicyclic) bond motifs is 1. The number of rotatable bonds is 3. The Hall–Kier alpha value is -3.08. The summed E-state index contributed by atoms with van der Waals surface area (Å²) in [5, 5.41) is 4.06. The first-order valence-electron chi connectivity index (χ1n) is 7.24. The van der Waals surface area contributed by atoms with Gasteiger partial charge < -0.3 is 14.0 Å². The van der Waals surface area contributed by atoms with E-state index in [0.29, 0.717) is 18.3 Å². The van der Waals surface area contributed by atoms with E-state index in [9.17, 15) is 0 Å². The summed E-state index contributed by atoms with van der Waals surface area (Å²) in [7, 11) is 1.64. The van der Waals surface area contributed by atoms with Crippen LogP contribution in [0.4, 0.5) is 0 Å². The van der Waals surface area contributed by atoms with Crippen molar-refractivity contribution in [1.29, 1.82) is 0 Å². The lowest BCUT2D eigenvalue weighted by atomic mass is 10.1. The van der Waals surface area contributed by atoms with Gasteiger partial charge in [-0.15, -0.1) is 0 Å². The van der Waals surface area contributed by atoms with Crippen LogP contribution in [0.1, 0.15) is 11.4 Å². The van der Waals surface area contributed by atoms with Crippen molar-refractivity contribution in [2.24, 2.45) is 0 Å². The lowest BCUT2D eigenvalue weighted by Gasteiger charge is -2.16. The highest BCUT2D eigenvalue weighted by Crippen LogP contribution is 2.33. The summed E-state index contributed by atoms with van der Waals surface area (Å²) in [6, 6.07) is 15.4. The van der Waals surface area contributed by atoms with Crippen molar-refractivity contribution in [3.63, 3.8) is 0 Å². The fourth-order valence-electron chi connectivity index (χ4n) is 2.45. The molecule has 0 saturated carbocycles. The van der Waals surface area contributed by atoms with Crippen molar-refractivity contribution in [3.8, 4) is 23.0 Å². The molecule has 1 aliphatic heterocycles. The van der Waals surface area contributed by atoms with E-state index in [-0.39, 0.29) is 0 Å². The number of hydrogen-bond donors (Lipinski definition) is 0. The van der Waals surface area contributed by atoms with Crippen LogP contribution in [-0.4, -0.2) is 23.9 Å². The Balaban J connectivity index is 1.66. The Morgan fingerprint density at radius 2 is 1.96 bits per heavy atom. The van der Waals surface area contributed by atoms with E-state index in [1.54, 1.807) is 7.11 Å². The number of aromatic nitrogens is 2. The summed E-state index contributed by atoms with van der Waals surface area (Å²) in [5.41, 5.74) is 2.75. The van der Waals surface area contributed by atoms with Gasteiger partial charge in [-0.25, -0.2) is 0 Å². The zero-order valence-electron chi connectivity index (χ0n) is 12.5. The quantitative estimate of drug-likeness (QED) is 0.739. The van der Waals surface area contributed by atoms with Crippen molar-refractivity contribution in [3.05, 3.63) is 59.9 Å². The summed E-state index contributed by atoms with van der Waals surface area (Å²) in [6.07, 6.45) is 2.01. The first-order chi connectivity index (χ1) is 11.3. The van der Waals surface area contributed by atoms with Gasteiger partial charge in [-0.1, -0.05) is 23.4 Å². The molecule has 1 aliphatic rings. The summed E-state index contributed by atoms with van der Waals surface area (Å²) >= 11 is 0. The molecule has 0 aliphatic carbocycles. The van der Waals surface area contributed by atoms with E-state index in [2.05, 4.69) is 10.1 Å². The lowest BCUT2D eigenvalue weighted by Crippen LogP contribution is -2.07. The first-order valence-corrected chi connectivity index (χ1v) is 7.24. The van der Waals surface area contributed by atoms with Crippen LogP contribution in [0.2, 0.25) is 0 Å². The summed E-state index contributed by atoms with van der Waals surface area (Å²) in [5.74, 6) is 2.61. The van der Waals surface area contributed by atoms with Gasteiger partial charge in [-0.3, -0.25) is 0 Å². The molecule has 0 saturated heterocycles. The zero-order chi connectivity index (χ0) is 15.6. The zero-order valence-corrected chi connectivity index (χ0v) is 12.5. The van der Waals surface area contributed by atoms with E-state index in [4.69, 9.17) is 14.0 Å². The van der Waals surface area contributed by atoms with Crippen LogP contribution in [0.3, 0.4) is 0 Å². The maximum Gasteiger partial charge on any atom is 0.258 e. The van der Waals surface area contributed by atoms with Gasteiger partial charge in [0.25, 0.3) is 5.89 Å². The number of hydrogen-bond acceptors (Lipinski definition) is 5. The van der Waals surface area contributed by atoms with Crippen LogP contribution in [-0.2, 0) is 0 Å². The molecule has 0 radical (unpaired) electrons. The maximum atomic E-state index is 5.78. The second-order valence-corrected chi connectivity index (χ2v) is 5.15. The van der Waals surface area contributed by atoms with Gasteiger partial charge >= 0.3 is 0 Å². The second-order valence-electron chi connectivity index (χ2n) is 5.15. The van der Waals surface area contributed by atoms with Crippen LogP contribution in [0.15, 0.2) is 53.1 Å². The summed E-state index contributed by atoms with van der Waals surface area (Å²) < 4.78 is 16.3. The molecule has 0 unspecified atom stereocenters. The third-order valence-corrected chi connectivity index (χ3v) is 3.67. The molecule has 5 heteroatoms. The van der Waals surface area contributed by atoms with Gasteiger partial charge in [0, 0.05) is 22.8 Å². The molecule has 0 N–H and O–H groups in total. The van der Waals surface area contributed by atoms with Gasteiger partial charge in [0.1, 0.15) is 18.1 Å². The standard InChI is InChI=1S/C18H14N2O3/c1-21-15-8-7-13-9-14(11-22-16(13)10-15)17-19-18(23-20-17)12-5-3-2-4-6-12/h2-10H,11H2,1H3. The topological polar surface area (TPSA) is 57.4 Å². The Morgan fingerprint density at radius 3 is 2.78 bits per heavy atom. The largest absolute Gasteiger partial charge is 0.497 e. The van der Waals surface area contributed by atoms with E-state index in [1.807, 2.05) is 54.6 Å². The van der Waals surface area contributed by atoms with E-state index in [1.165, 1.54) is 0 Å². The number of ether oxygens (including phenoxy) is 2. The molecule has 0 amide bonds. The minimum absolute atomic E-state index is 0.397. The van der Waals surface area contributed by atoms with Crippen molar-refractivity contribution in [1.82, 2.24) is 10.1 Å². The Labute approximate surface area is 133 Å². The minimum Gasteiger partial charge on any atom is -0.497 e. The molecule has 4 rings (SSSR count). The first kappa shape index (κ1) is 13.6. The Bertz CT molecular complexity index is 869. The summed E-state index contributed by atoms with van der Waals surface area (Å²) in [4.78, 5) is 4.46. The summed E-state index contributed by atoms with van der Waals surface area (Å²) in [6.45, 7) is 0.397. The molecule has 2 aromatic carbocycles. The molecular weight excluding hydrogens is 292 g/mol. The molecule has 0 bridgehead atoms. The highest BCUT2D eigenvalue weighted by atomic mass is 16.5. The van der Waals surface area contributed by atoms with Crippen LogP contribution < -0.4 is 9.47 Å². The van der Waals surface area contributed by atoms with Crippen LogP contribution in [0.5, 0.6) is 11.5 Å². The van der Waals surface area contributed by atoms with Gasteiger partial charge in [-0.2, -0.15) is 4.98 Å². The fourth-order valence-corrected chi connectivity index (χ4v) is 2.45. The van der Waals surface area contributed by atoms with Gasteiger partial charge in [0.2, 0.25) is 5.82 Å². The highest BCUT2D eigenvalue weighted by Gasteiger charge is 2.18. The van der Waals surface area contributed by atoms with Crippen molar-refractivity contribution >= 4 is 11.6 Å². The Morgan fingerprint density at radius 1 is 1.09 bits per heavy atom. The molecule has 0 fully saturated rings. The van der Waals surface area contributed by atoms with Crippen molar-refractivity contribution in [2.45, 2.75) is 0 Å². The highest BCUT2D eigenvalue weighted by molar-refractivity contribution is 5.83. The smallest absolute Gasteiger partial charge is 0.258 e. The van der Waals surface area contributed by atoms with Crippen molar-refractivity contribution < 1.29 is 14.0 Å². The van der Waals surface area contributed by atoms with Gasteiger partial charge in [0.05, 0.1) is 7.11 Å². The maximum absolute atomic E-state index is 5.78. The third-order valence-electron chi connectivity index (χ3n) is 3.67. The van der Waals surface area contributed by atoms with Crippen LogP contribution >= 0.6 is 0 Å². The number of methoxy groups -OCH3 is 1. The molecule has 0 spiro atoms. The van der Waals surface area contributed by atoms with Crippen LogP contribution in [0.25, 0.3) is 23.1 Å². The van der Waals surface area contributed by atoms with E-state index < -0.39 is 0 Å². The van der Waals surface area contributed by atoms with Crippen LogP contribution in [0, 0.1) is 0 Å². The van der Waals surface area contributed by atoms with Gasteiger partial charge in [-0.05, 0) is 30.3 Å². The molecule has 114 valence electrons. The molecule has 5 nitrogen and oxygen atoms in total. The molecule has 3 aromatic rings. The lowest BCUT2D eigenvalue weighted by molar-refractivity contribution is 0.357. The normalized spacial score (nSPS) is 13.0. The molecule has 1 aromatic heterocycles. The molecule has 0 atom stereocenters.